The standard InChI is InChI=1S/C15H19NO2S2/c1-2-12-7-9-8-13(20-15(9)19-12)14(18)16-10-3-5-11(17)6-4-10/h7-8,10-11,17H,2-6H2,1H3,(H,16,18). The third kappa shape index (κ3) is 2.90. The summed E-state index contributed by atoms with van der Waals surface area (Å²) in [5.41, 5.74) is 0. The van der Waals surface area contributed by atoms with Gasteiger partial charge in [0, 0.05) is 16.3 Å². The van der Waals surface area contributed by atoms with Crippen molar-refractivity contribution in [3.8, 4) is 0 Å². The minimum Gasteiger partial charge on any atom is -0.393 e. The topological polar surface area (TPSA) is 49.3 Å². The number of thiophene rings is 2. The molecule has 3 nitrogen and oxygen atoms in total. The smallest absolute Gasteiger partial charge is 0.261 e. The highest BCUT2D eigenvalue weighted by Crippen LogP contribution is 2.34. The maximum Gasteiger partial charge on any atom is 0.261 e. The van der Waals surface area contributed by atoms with Crippen LogP contribution < -0.4 is 5.32 Å². The summed E-state index contributed by atoms with van der Waals surface area (Å²) in [4.78, 5) is 14.4. The Labute approximate surface area is 126 Å². The van der Waals surface area contributed by atoms with Gasteiger partial charge in [-0.15, -0.1) is 22.7 Å². The predicted octanol–water partition coefficient (Wildman–Crippen LogP) is 3.56. The average molecular weight is 309 g/mol. The number of aryl methyl sites for hydroxylation is 1. The Morgan fingerprint density at radius 2 is 2.05 bits per heavy atom. The molecule has 1 aliphatic rings. The van der Waals surface area contributed by atoms with E-state index in [-0.39, 0.29) is 18.1 Å². The molecular weight excluding hydrogens is 290 g/mol. The van der Waals surface area contributed by atoms with Crippen LogP contribution >= 0.6 is 22.7 Å². The van der Waals surface area contributed by atoms with E-state index in [4.69, 9.17) is 0 Å². The zero-order chi connectivity index (χ0) is 14.1. The van der Waals surface area contributed by atoms with E-state index in [2.05, 4.69) is 18.3 Å². The molecule has 5 heteroatoms. The minimum atomic E-state index is -0.178. The zero-order valence-electron chi connectivity index (χ0n) is 11.5. The first-order valence-electron chi connectivity index (χ1n) is 7.17. The van der Waals surface area contributed by atoms with Crippen LogP contribution in [0.4, 0.5) is 0 Å². The molecule has 20 heavy (non-hydrogen) atoms. The maximum atomic E-state index is 12.3. The highest BCUT2D eigenvalue weighted by Gasteiger charge is 2.22. The van der Waals surface area contributed by atoms with Crippen LogP contribution in [0.2, 0.25) is 0 Å². The molecule has 1 saturated carbocycles. The van der Waals surface area contributed by atoms with E-state index in [1.54, 1.807) is 22.7 Å². The summed E-state index contributed by atoms with van der Waals surface area (Å²) in [6.45, 7) is 2.15. The lowest BCUT2D eigenvalue weighted by atomic mass is 9.93. The maximum absolute atomic E-state index is 12.3. The summed E-state index contributed by atoms with van der Waals surface area (Å²) in [5.74, 6) is 0.0397. The Morgan fingerprint density at radius 1 is 1.30 bits per heavy atom. The van der Waals surface area contributed by atoms with Gasteiger partial charge in [0.05, 0.1) is 15.0 Å². The summed E-state index contributed by atoms with van der Waals surface area (Å²) in [5, 5.41) is 13.8. The lowest BCUT2D eigenvalue weighted by Crippen LogP contribution is -2.38. The Hall–Kier alpha value is -0.910. The van der Waals surface area contributed by atoms with Crippen LogP contribution in [-0.2, 0) is 6.42 Å². The Bertz CT molecular complexity index is 577. The highest BCUT2D eigenvalue weighted by atomic mass is 32.2. The van der Waals surface area contributed by atoms with Crippen LogP contribution in [0, 0.1) is 0 Å². The number of carbonyl (C=O) groups is 1. The fourth-order valence-corrected chi connectivity index (χ4v) is 4.99. The number of hydrogen-bond acceptors (Lipinski definition) is 4. The third-order valence-corrected chi connectivity index (χ3v) is 6.40. The molecule has 1 amide bonds. The molecule has 0 atom stereocenters. The van der Waals surface area contributed by atoms with E-state index < -0.39 is 0 Å². The van der Waals surface area contributed by atoms with Crippen LogP contribution in [0.5, 0.6) is 0 Å². The summed E-state index contributed by atoms with van der Waals surface area (Å²) < 4.78 is 1.24. The quantitative estimate of drug-likeness (QED) is 0.911. The van der Waals surface area contributed by atoms with Crippen LogP contribution in [0.25, 0.3) is 9.40 Å². The molecule has 2 N–H and O–H groups in total. The van der Waals surface area contributed by atoms with Crippen molar-refractivity contribution in [1.29, 1.82) is 0 Å². The number of aliphatic hydroxyl groups is 1. The van der Waals surface area contributed by atoms with Gasteiger partial charge in [-0.25, -0.2) is 0 Å². The first-order chi connectivity index (χ1) is 9.65. The Morgan fingerprint density at radius 3 is 2.70 bits per heavy atom. The van der Waals surface area contributed by atoms with Crippen LogP contribution in [0.1, 0.15) is 47.2 Å². The molecule has 0 aliphatic heterocycles. The molecule has 0 unspecified atom stereocenters. The summed E-state index contributed by atoms with van der Waals surface area (Å²) >= 11 is 3.38. The minimum absolute atomic E-state index is 0.0397. The van der Waals surface area contributed by atoms with Gasteiger partial charge in [-0.3, -0.25) is 4.79 Å². The molecule has 2 aromatic rings. The number of amides is 1. The SMILES string of the molecule is CCc1cc2cc(C(=O)NC3CCC(O)CC3)sc2s1. The molecule has 0 aromatic carbocycles. The van der Waals surface area contributed by atoms with Crippen molar-refractivity contribution >= 4 is 38.0 Å². The van der Waals surface area contributed by atoms with E-state index in [0.29, 0.717) is 0 Å². The lowest BCUT2D eigenvalue weighted by molar-refractivity contribution is 0.0871. The van der Waals surface area contributed by atoms with Gasteiger partial charge in [-0.1, -0.05) is 6.92 Å². The number of hydrogen-bond donors (Lipinski definition) is 2. The van der Waals surface area contributed by atoms with Crippen molar-refractivity contribution in [1.82, 2.24) is 5.32 Å². The molecule has 2 heterocycles. The van der Waals surface area contributed by atoms with Crippen molar-refractivity contribution in [2.24, 2.45) is 0 Å². The average Bonchev–Trinajstić information content (AvgIpc) is 2.99. The van der Waals surface area contributed by atoms with Crippen molar-refractivity contribution < 1.29 is 9.90 Å². The van der Waals surface area contributed by atoms with Crippen molar-refractivity contribution in [2.45, 2.75) is 51.2 Å². The van der Waals surface area contributed by atoms with E-state index >= 15 is 0 Å². The first-order valence-corrected chi connectivity index (χ1v) is 8.80. The monoisotopic (exact) mass is 309 g/mol. The molecule has 0 radical (unpaired) electrons. The number of fused-ring (bicyclic) bond motifs is 1. The van der Waals surface area contributed by atoms with Crippen LogP contribution in [-0.4, -0.2) is 23.2 Å². The summed E-state index contributed by atoms with van der Waals surface area (Å²) in [6, 6.07) is 4.41. The molecule has 108 valence electrons. The normalized spacial score (nSPS) is 23.1. The second kappa shape index (κ2) is 5.84. The first kappa shape index (κ1) is 14.0. The van der Waals surface area contributed by atoms with E-state index in [1.807, 2.05) is 6.07 Å². The number of aliphatic hydroxyl groups excluding tert-OH is 1. The van der Waals surface area contributed by atoms with Gasteiger partial charge in [0.25, 0.3) is 5.91 Å². The van der Waals surface area contributed by atoms with Crippen molar-refractivity contribution in [3.05, 3.63) is 21.9 Å². The molecule has 1 aliphatic carbocycles. The number of nitrogens with one attached hydrogen (secondary N) is 1. The molecule has 2 aromatic heterocycles. The molecular formula is C15H19NO2S2. The predicted molar refractivity (Wildman–Crippen MR) is 84.8 cm³/mol. The van der Waals surface area contributed by atoms with Gasteiger partial charge >= 0.3 is 0 Å². The number of carbonyl (C=O) groups excluding carboxylic acids is 1. The third-order valence-electron chi connectivity index (χ3n) is 3.87. The lowest BCUT2D eigenvalue weighted by Gasteiger charge is -2.25. The summed E-state index contributed by atoms with van der Waals surface area (Å²) in [7, 11) is 0. The van der Waals surface area contributed by atoms with Gasteiger partial charge < -0.3 is 10.4 Å². The fourth-order valence-electron chi connectivity index (χ4n) is 2.65. The Kier molecular flexibility index (Phi) is 4.10. The van der Waals surface area contributed by atoms with Crippen molar-refractivity contribution in [2.75, 3.05) is 0 Å². The van der Waals surface area contributed by atoms with Gasteiger partial charge in [-0.05, 0) is 44.2 Å². The van der Waals surface area contributed by atoms with Crippen molar-refractivity contribution in [3.63, 3.8) is 0 Å². The summed E-state index contributed by atoms with van der Waals surface area (Å²) in [6.07, 6.45) is 4.23. The van der Waals surface area contributed by atoms with E-state index in [1.165, 1.54) is 14.3 Å². The molecule has 3 rings (SSSR count). The van der Waals surface area contributed by atoms with Gasteiger partial charge in [0.15, 0.2) is 0 Å². The van der Waals surface area contributed by atoms with Gasteiger partial charge in [0.1, 0.15) is 0 Å². The van der Waals surface area contributed by atoms with Crippen LogP contribution in [0.3, 0.4) is 0 Å². The molecule has 1 fully saturated rings. The second-order valence-electron chi connectivity index (χ2n) is 5.40. The largest absolute Gasteiger partial charge is 0.393 e. The zero-order valence-corrected chi connectivity index (χ0v) is 13.1. The van der Waals surface area contributed by atoms with Gasteiger partial charge in [-0.2, -0.15) is 0 Å². The number of rotatable bonds is 3. The van der Waals surface area contributed by atoms with Crippen LogP contribution in [0.15, 0.2) is 12.1 Å². The molecule has 0 bridgehead atoms. The van der Waals surface area contributed by atoms with E-state index in [9.17, 15) is 9.90 Å². The Balaban J connectivity index is 1.67. The molecule has 0 spiro atoms. The van der Waals surface area contributed by atoms with Gasteiger partial charge in [0.2, 0.25) is 0 Å². The highest BCUT2D eigenvalue weighted by molar-refractivity contribution is 7.39. The molecule has 0 saturated heterocycles. The van der Waals surface area contributed by atoms with E-state index in [0.717, 1.165) is 37.0 Å². The fraction of sp³-hybridized carbons (Fsp3) is 0.533. The second-order valence-corrected chi connectivity index (χ2v) is 7.85.